The van der Waals surface area contributed by atoms with Crippen LogP contribution in [0.5, 0.6) is 0 Å². The van der Waals surface area contributed by atoms with E-state index >= 15 is 0 Å². The molecule has 2 aromatic rings. The molecular formula is C14H13Cl2N. The van der Waals surface area contributed by atoms with E-state index < -0.39 is 0 Å². The fraction of sp³-hybridized carbons (Fsp3) is 0.143. The molecule has 1 unspecified atom stereocenters. The molecule has 17 heavy (non-hydrogen) atoms. The average molecular weight is 266 g/mol. The van der Waals surface area contributed by atoms with Gasteiger partial charge in [-0.1, -0.05) is 59.6 Å². The van der Waals surface area contributed by atoms with Crippen LogP contribution >= 0.6 is 23.2 Å². The third kappa shape index (κ3) is 3.01. The molecule has 1 atom stereocenters. The first-order valence-electron chi connectivity index (χ1n) is 5.42. The summed E-state index contributed by atoms with van der Waals surface area (Å²) < 4.78 is 0. The van der Waals surface area contributed by atoms with Crippen LogP contribution in [0.1, 0.15) is 17.2 Å². The number of rotatable bonds is 3. The lowest BCUT2D eigenvalue weighted by Gasteiger charge is -2.14. The third-order valence-corrected chi connectivity index (χ3v) is 3.42. The van der Waals surface area contributed by atoms with Crippen molar-refractivity contribution < 1.29 is 0 Å². The van der Waals surface area contributed by atoms with Crippen LogP contribution in [0.4, 0.5) is 0 Å². The zero-order valence-corrected chi connectivity index (χ0v) is 10.7. The van der Waals surface area contributed by atoms with Crippen LogP contribution in [0, 0.1) is 0 Å². The van der Waals surface area contributed by atoms with E-state index in [2.05, 4.69) is 0 Å². The van der Waals surface area contributed by atoms with Crippen molar-refractivity contribution in [3.8, 4) is 0 Å². The van der Waals surface area contributed by atoms with E-state index in [9.17, 15) is 0 Å². The second-order valence-electron chi connectivity index (χ2n) is 3.92. The van der Waals surface area contributed by atoms with E-state index in [0.29, 0.717) is 16.5 Å². The van der Waals surface area contributed by atoms with Crippen molar-refractivity contribution in [2.75, 3.05) is 0 Å². The SMILES string of the molecule is NC(Cc1c(Cl)cccc1Cl)c1ccccc1. The Morgan fingerprint density at radius 3 is 2.06 bits per heavy atom. The van der Waals surface area contributed by atoms with Crippen molar-refractivity contribution in [2.24, 2.45) is 5.73 Å². The second-order valence-corrected chi connectivity index (χ2v) is 4.74. The van der Waals surface area contributed by atoms with E-state index in [4.69, 9.17) is 28.9 Å². The first-order chi connectivity index (χ1) is 8.18. The van der Waals surface area contributed by atoms with Gasteiger partial charge in [0, 0.05) is 16.1 Å². The normalized spacial score (nSPS) is 12.4. The lowest BCUT2D eigenvalue weighted by Crippen LogP contribution is -2.13. The van der Waals surface area contributed by atoms with Gasteiger partial charge in [0.2, 0.25) is 0 Å². The van der Waals surface area contributed by atoms with Crippen molar-refractivity contribution in [3.05, 3.63) is 69.7 Å². The molecule has 0 aromatic heterocycles. The highest BCUT2D eigenvalue weighted by atomic mass is 35.5. The van der Waals surface area contributed by atoms with Gasteiger partial charge in [-0.05, 0) is 29.7 Å². The predicted molar refractivity (Wildman–Crippen MR) is 73.5 cm³/mol. The Hall–Kier alpha value is -1.02. The van der Waals surface area contributed by atoms with Crippen LogP contribution in [0.3, 0.4) is 0 Å². The number of halogens is 2. The Morgan fingerprint density at radius 1 is 0.882 bits per heavy atom. The minimum Gasteiger partial charge on any atom is -0.324 e. The Labute approximate surface area is 111 Å². The summed E-state index contributed by atoms with van der Waals surface area (Å²) in [5.41, 5.74) is 8.14. The first-order valence-corrected chi connectivity index (χ1v) is 6.17. The maximum atomic E-state index is 6.15. The molecule has 0 amide bonds. The summed E-state index contributed by atoms with van der Waals surface area (Å²) in [4.78, 5) is 0. The van der Waals surface area contributed by atoms with Gasteiger partial charge in [0.15, 0.2) is 0 Å². The van der Waals surface area contributed by atoms with Gasteiger partial charge in [-0.25, -0.2) is 0 Å². The lowest BCUT2D eigenvalue weighted by atomic mass is 10.00. The molecule has 0 aliphatic heterocycles. The standard InChI is InChI=1S/C14H13Cl2N/c15-12-7-4-8-13(16)11(12)9-14(17)10-5-2-1-3-6-10/h1-8,14H,9,17H2. The lowest BCUT2D eigenvalue weighted by molar-refractivity contribution is 0.722. The van der Waals surface area contributed by atoms with Gasteiger partial charge in [-0.3, -0.25) is 0 Å². The molecule has 0 aliphatic rings. The number of nitrogens with two attached hydrogens (primary N) is 1. The van der Waals surface area contributed by atoms with Gasteiger partial charge in [0.1, 0.15) is 0 Å². The molecule has 3 heteroatoms. The molecule has 0 saturated carbocycles. The largest absolute Gasteiger partial charge is 0.324 e. The Kier molecular flexibility index (Phi) is 4.06. The first kappa shape index (κ1) is 12.4. The summed E-state index contributed by atoms with van der Waals surface area (Å²) in [5.74, 6) is 0. The summed E-state index contributed by atoms with van der Waals surface area (Å²) >= 11 is 12.2. The highest BCUT2D eigenvalue weighted by Crippen LogP contribution is 2.28. The zero-order chi connectivity index (χ0) is 12.3. The van der Waals surface area contributed by atoms with Gasteiger partial charge >= 0.3 is 0 Å². The highest BCUT2D eigenvalue weighted by Gasteiger charge is 2.11. The quantitative estimate of drug-likeness (QED) is 0.883. The van der Waals surface area contributed by atoms with Crippen LogP contribution in [-0.2, 0) is 6.42 Å². The molecular weight excluding hydrogens is 253 g/mol. The fourth-order valence-electron chi connectivity index (χ4n) is 1.77. The van der Waals surface area contributed by atoms with Crippen LogP contribution < -0.4 is 5.73 Å². The van der Waals surface area contributed by atoms with Gasteiger partial charge in [0.05, 0.1) is 0 Å². The van der Waals surface area contributed by atoms with E-state index in [-0.39, 0.29) is 6.04 Å². The Morgan fingerprint density at radius 2 is 1.47 bits per heavy atom. The summed E-state index contributed by atoms with van der Waals surface area (Å²) in [7, 11) is 0. The molecule has 0 fully saturated rings. The van der Waals surface area contributed by atoms with Crippen LogP contribution in [0.25, 0.3) is 0 Å². The molecule has 0 heterocycles. The third-order valence-electron chi connectivity index (χ3n) is 2.71. The van der Waals surface area contributed by atoms with Crippen LogP contribution in [0.2, 0.25) is 10.0 Å². The molecule has 0 radical (unpaired) electrons. The number of hydrogen-bond acceptors (Lipinski definition) is 1. The minimum absolute atomic E-state index is 0.0893. The van der Waals surface area contributed by atoms with E-state index in [1.165, 1.54) is 0 Å². The molecule has 2 rings (SSSR count). The summed E-state index contributed by atoms with van der Waals surface area (Å²) in [6, 6.07) is 15.4. The van der Waals surface area contributed by atoms with Crippen molar-refractivity contribution in [2.45, 2.75) is 12.5 Å². The van der Waals surface area contributed by atoms with Gasteiger partial charge in [-0.2, -0.15) is 0 Å². The van der Waals surface area contributed by atoms with E-state index in [1.54, 1.807) is 0 Å². The number of hydrogen-bond donors (Lipinski definition) is 1. The van der Waals surface area contributed by atoms with Gasteiger partial charge in [-0.15, -0.1) is 0 Å². The second kappa shape index (κ2) is 5.54. The zero-order valence-electron chi connectivity index (χ0n) is 9.24. The predicted octanol–water partition coefficient (Wildman–Crippen LogP) is 4.24. The molecule has 2 aromatic carbocycles. The van der Waals surface area contributed by atoms with Crippen LogP contribution in [-0.4, -0.2) is 0 Å². The molecule has 1 nitrogen and oxygen atoms in total. The van der Waals surface area contributed by atoms with Crippen molar-refractivity contribution >= 4 is 23.2 Å². The highest BCUT2D eigenvalue weighted by molar-refractivity contribution is 6.36. The van der Waals surface area contributed by atoms with E-state index in [1.807, 2.05) is 48.5 Å². The molecule has 0 saturated heterocycles. The molecule has 0 aliphatic carbocycles. The van der Waals surface area contributed by atoms with Crippen molar-refractivity contribution in [1.82, 2.24) is 0 Å². The average Bonchev–Trinajstić information content (AvgIpc) is 2.35. The number of benzene rings is 2. The molecule has 0 spiro atoms. The molecule has 88 valence electrons. The van der Waals surface area contributed by atoms with Gasteiger partial charge in [0.25, 0.3) is 0 Å². The minimum atomic E-state index is -0.0893. The monoisotopic (exact) mass is 265 g/mol. The fourth-order valence-corrected chi connectivity index (χ4v) is 2.32. The summed E-state index contributed by atoms with van der Waals surface area (Å²) in [5, 5.41) is 1.34. The smallest absolute Gasteiger partial charge is 0.0453 e. The van der Waals surface area contributed by atoms with E-state index in [0.717, 1.165) is 11.1 Å². The maximum Gasteiger partial charge on any atom is 0.0453 e. The summed E-state index contributed by atoms with van der Waals surface area (Å²) in [6.07, 6.45) is 0.641. The molecule has 0 bridgehead atoms. The van der Waals surface area contributed by atoms with Crippen molar-refractivity contribution in [1.29, 1.82) is 0 Å². The van der Waals surface area contributed by atoms with Gasteiger partial charge < -0.3 is 5.73 Å². The summed E-state index contributed by atoms with van der Waals surface area (Å²) in [6.45, 7) is 0. The van der Waals surface area contributed by atoms with Crippen LogP contribution in [0.15, 0.2) is 48.5 Å². The maximum absolute atomic E-state index is 6.15. The topological polar surface area (TPSA) is 26.0 Å². The van der Waals surface area contributed by atoms with Crippen molar-refractivity contribution in [3.63, 3.8) is 0 Å². The molecule has 2 N–H and O–H groups in total. The Bertz CT molecular complexity index is 477. The Balaban J connectivity index is 2.22.